The molecule has 4 heteroatoms. The van der Waals surface area contributed by atoms with E-state index in [0.717, 1.165) is 11.8 Å². The van der Waals surface area contributed by atoms with Gasteiger partial charge in [0, 0.05) is 45.8 Å². The van der Waals surface area contributed by atoms with Gasteiger partial charge in [0.25, 0.3) is 0 Å². The molecule has 0 atom stereocenters. The van der Waals surface area contributed by atoms with Crippen molar-refractivity contribution in [3.05, 3.63) is 65.9 Å². The molecule has 0 amide bonds. The molecule has 17 heavy (non-hydrogen) atoms. The average molecular weight is 307 g/mol. The van der Waals surface area contributed by atoms with E-state index in [-0.39, 0.29) is 32.7 Å². The maximum Gasteiger partial charge on any atom is 0.114 e. The van der Waals surface area contributed by atoms with Crippen molar-refractivity contribution in [2.45, 2.75) is 0 Å². The molecule has 0 spiro atoms. The Labute approximate surface area is 124 Å². The van der Waals surface area contributed by atoms with E-state index >= 15 is 0 Å². The van der Waals surface area contributed by atoms with E-state index in [1.54, 1.807) is 24.1 Å². The zero-order valence-corrected chi connectivity index (χ0v) is 12.2. The molecule has 0 N–H and O–H groups in total. The van der Waals surface area contributed by atoms with Crippen molar-refractivity contribution in [1.29, 1.82) is 0 Å². The van der Waals surface area contributed by atoms with Crippen LogP contribution < -0.4 is 0 Å². The summed E-state index contributed by atoms with van der Waals surface area (Å²) < 4.78 is 26.1. The maximum atomic E-state index is 13.1. The number of rotatable bonds is 1. The van der Waals surface area contributed by atoms with Gasteiger partial charge in [-0.2, -0.15) is 12.2 Å². The van der Waals surface area contributed by atoms with Gasteiger partial charge in [0.1, 0.15) is 11.6 Å². The number of hydrogen-bond acceptors (Lipinski definition) is 1. The quantitative estimate of drug-likeness (QED) is 0.721. The first kappa shape index (κ1) is 14.3. The average Bonchev–Trinajstić information content (AvgIpc) is 2.20. The number of hydrogen-bond donors (Lipinski definition) is 0. The monoisotopic (exact) mass is 307 g/mol. The van der Waals surface area contributed by atoms with Crippen LogP contribution in [-0.2, 0) is 32.7 Å². The summed E-state index contributed by atoms with van der Waals surface area (Å²) in [4.78, 5) is 1.73. The molecule has 0 fully saturated rings. The van der Waals surface area contributed by atoms with Crippen molar-refractivity contribution in [3.63, 3.8) is 0 Å². The number of allylic oxidation sites excluding steroid dienone is 3. The Balaban J connectivity index is 0.00000144. The summed E-state index contributed by atoms with van der Waals surface area (Å²) in [6, 6.07) is 3.39. The fourth-order valence-corrected chi connectivity index (χ4v) is 1.54. The van der Waals surface area contributed by atoms with Crippen molar-refractivity contribution >= 4 is 5.70 Å². The third kappa shape index (κ3) is 3.11. The smallest absolute Gasteiger partial charge is 0.114 e. The summed E-state index contributed by atoms with van der Waals surface area (Å²) in [6.07, 6.45) is 6.40. The summed E-state index contributed by atoms with van der Waals surface area (Å²) in [5.41, 5.74) is 1.80. The van der Waals surface area contributed by atoms with Crippen molar-refractivity contribution in [3.8, 4) is 0 Å². The summed E-state index contributed by atoms with van der Waals surface area (Å²) in [7, 11) is 1.77. The molecular weight excluding hydrogens is 297 g/mol. The predicted octanol–water partition coefficient (Wildman–Crippen LogP) is 3.12. The van der Waals surface area contributed by atoms with Crippen LogP contribution in [0.5, 0.6) is 0 Å². The van der Waals surface area contributed by atoms with E-state index in [1.807, 2.05) is 0 Å². The van der Waals surface area contributed by atoms with Gasteiger partial charge in [-0.05, 0) is 5.70 Å². The van der Waals surface area contributed by atoms with Gasteiger partial charge in [0.15, 0.2) is 0 Å². The molecule has 0 saturated carbocycles. The van der Waals surface area contributed by atoms with Crippen LogP contribution in [0.4, 0.5) is 8.78 Å². The largest absolute Gasteiger partial charge is 0.379 e. The first-order chi connectivity index (χ1) is 7.58. The Kier molecular flexibility index (Phi) is 4.78. The first-order valence-electron chi connectivity index (χ1n) is 4.77. The molecule has 0 aromatic heterocycles. The van der Waals surface area contributed by atoms with Crippen LogP contribution >= 0.6 is 0 Å². The molecule has 1 aromatic rings. The summed E-state index contributed by atoms with van der Waals surface area (Å²) in [5, 5.41) is 0. The molecule has 1 aromatic carbocycles. The second-order valence-corrected chi connectivity index (χ2v) is 3.53. The molecule has 1 radical (unpaired) electrons. The normalized spacial score (nSPS) is 14.4. The molecule has 0 saturated heterocycles. The minimum absolute atomic E-state index is 0. The molecule has 0 aliphatic carbocycles. The summed E-state index contributed by atoms with van der Waals surface area (Å²) >= 11 is 0. The Morgan fingerprint density at radius 2 is 1.76 bits per heavy atom. The van der Waals surface area contributed by atoms with Gasteiger partial charge < -0.3 is 4.90 Å². The summed E-state index contributed by atoms with van der Waals surface area (Å²) in [6.45, 7) is 3.81. The molecule has 2 rings (SSSR count). The second-order valence-electron chi connectivity index (χ2n) is 3.53. The van der Waals surface area contributed by atoms with Crippen LogP contribution in [0, 0.1) is 17.7 Å². The van der Waals surface area contributed by atoms with Gasteiger partial charge in [-0.15, -0.1) is 6.08 Å². The zero-order chi connectivity index (χ0) is 11.7. The minimum Gasteiger partial charge on any atom is -0.379 e. The molecule has 0 unspecified atom stereocenters. The van der Waals surface area contributed by atoms with Gasteiger partial charge in [0.2, 0.25) is 0 Å². The van der Waals surface area contributed by atoms with Crippen LogP contribution in [0.3, 0.4) is 0 Å². The number of likely N-dealkylation sites (N-methyl/N-ethyl adjacent to an activating group) is 1. The third-order valence-electron chi connectivity index (χ3n) is 2.40. The fraction of sp³-hybridized carbons (Fsp3) is 0.0769. The van der Waals surface area contributed by atoms with Crippen molar-refractivity contribution in [2.24, 2.45) is 0 Å². The van der Waals surface area contributed by atoms with Gasteiger partial charge in [-0.1, -0.05) is 30.0 Å². The Hall–Kier alpha value is -0.796. The molecule has 1 aliphatic rings. The van der Waals surface area contributed by atoms with Gasteiger partial charge in [-0.3, -0.25) is 0 Å². The fourth-order valence-electron chi connectivity index (χ4n) is 1.54. The van der Waals surface area contributed by atoms with Crippen molar-refractivity contribution < 1.29 is 41.5 Å². The molecule has 1 heterocycles. The van der Waals surface area contributed by atoms with E-state index < -0.39 is 11.6 Å². The zero-order valence-electron chi connectivity index (χ0n) is 9.37. The first-order valence-corrected chi connectivity index (χ1v) is 4.77. The van der Waals surface area contributed by atoms with E-state index in [4.69, 9.17) is 0 Å². The molecule has 0 bridgehead atoms. The number of halogens is 2. The SMILES string of the molecule is C=C1C=C[C-]=C(c2cc(F)cc(F)c2)N1C.[Y]. The standard InChI is InChI=1S/C13H10F2N.Y/c1-9-4-3-5-13(16(9)2)10-6-11(14)8-12(15)7-10;/h3-4,6-8H,1H2,2H3;/q-1;. The Bertz CT molecular complexity index is 486. The topological polar surface area (TPSA) is 3.24 Å². The number of nitrogens with zero attached hydrogens (tertiary/aromatic N) is 1. The summed E-state index contributed by atoms with van der Waals surface area (Å²) in [5.74, 6) is -1.20. The molecule has 1 aliphatic heterocycles. The Morgan fingerprint density at radius 1 is 1.18 bits per heavy atom. The molecular formula is C13H10F2NY-. The van der Waals surface area contributed by atoms with E-state index in [1.165, 1.54) is 12.1 Å². The molecule has 1 nitrogen and oxygen atoms in total. The minimum atomic E-state index is -0.599. The van der Waals surface area contributed by atoms with Crippen LogP contribution in [0.2, 0.25) is 0 Å². The second kappa shape index (κ2) is 5.70. The van der Waals surface area contributed by atoms with E-state index in [9.17, 15) is 8.78 Å². The van der Waals surface area contributed by atoms with Crippen LogP contribution in [0.15, 0.2) is 42.6 Å². The maximum absolute atomic E-state index is 13.1. The van der Waals surface area contributed by atoms with Crippen LogP contribution in [0.1, 0.15) is 5.56 Å². The predicted molar refractivity (Wildman–Crippen MR) is 59.1 cm³/mol. The van der Waals surface area contributed by atoms with Gasteiger partial charge in [0.05, 0.1) is 0 Å². The van der Waals surface area contributed by atoms with Gasteiger partial charge >= 0.3 is 0 Å². The third-order valence-corrected chi connectivity index (χ3v) is 2.40. The van der Waals surface area contributed by atoms with Crippen LogP contribution in [-0.4, -0.2) is 11.9 Å². The van der Waals surface area contributed by atoms with Crippen LogP contribution in [0.25, 0.3) is 5.70 Å². The number of benzene rings is 1. The van der Waals surface area contributed by atoms with E-state index in [2.05, 4.69) is 12.7 Å². The molecule has 85 valence electrons. The van der Waals surface area contributed by atoms with Gasteiger partial charge in [-0.25, -0.2) is 8.78 Å². The Morgan fingerprint density at radius 3 is 2.35 bits per heavy atom. The van der Waals surface area contributed by atoms with E-state index in [0.29, 0.717) is 11.3 Å². The van der Waals surface area contributed by atoms with Crippen molar-refractivity contribution in [2.75, 3.05) is 7.05 Å². The van der Waals surface area contributed by atoms with Crippen molar-refractivity contribution in [1.82, 2.24) is 4.90 Å².